The number of aromatic amines is 1. The first-order valence-corrected chi connectivity index (χ1v) is 7.81. The highest BCUT2D eigenvalue weighted by molar-refractivity contribution is 6.30. The summed E-state index contributed by atoms with van der Waals surface area (Å²) in [6, 6.07) is 13.4. The normalized spacial score (nSPS) is 11.9. The summed E-state index contributed by atoms with van der Waals surface area (Å²) in [7, 11) is 0. The smallest absolute Gasteiger partial charge is 0.303 e. The predicted molar refractivity (Wildman–Crippen MR) is 98.2 cm³/mol. The molecular formula is C18H18Cl2N2O2. The van der Waals surface area contributed by atoms with E-state index in [4.69, 9.17) is 11.6 Å². The molecule has 2 N–H and O–H groups in total. The first kappa shape index (κ1) is 18.3. The van der Waals surface area contributed by atoms with Gasteiger partial charge in [-0.25, -0.2) is 4.98 Å². The molecule has 1 atom stereocenters. The highest BCUT2D eigenvalue weighted by atomic mass is 35.5. The van der Waals surface area contributed by atoms with Crippen LogP contribution < -0.4 is 0 Å². The molecule has 0 saturated carbocycles. The Kier molecular flexibility index (Phi) is 5.86. The molecule has 1 aromatic heterocycles. The molecule has 0 fully saturated rings. The number of nitrogens with one attached hydrogen (secondary N) is 1. The van der Waals surface area contributed by atoms with E-state index in [9.17, 15) is 9.90 Å². The third kappa shape index (κ3) is 4.28. The molecule has 0 aliphatic rings. The van der Waals surface area contributed by atoms with E-state index >= 15 is 0 Å². The van der Waals surface area contributed by atoms with Crippen molar-refractivity contribution in [3.63, 3.8) is 0 Å². The zero-order chi connectivity index (χ0) is 16.4. The van der Waals surface area contributed by atoms with Gasteiger partial charge in [0.25, 0.3) is 0 Å². The van der Waals surface area contributed by atoms with Gasteiger partial charge in [0.15, 0.2) is 0 Å². The Bertz CT molecular complexity index is 844. The van der Waals surface area contributed by atoms with E-state index in [1.54, 1.807) is 12.1 Å². The molecule has 0 radical (unpaired) electrons. The first-order valence-electron chi connectivity index (χ1n) is 7.44. The summed E-state index contributed by atoms with van der Waals surface area (Å²) in [5, 5.41) is 9.84. The zero-order valence-electron chi connectivity index (χ0n) is 13.1. The number of carbonyl (C=O) groups is 1. The lowest BCUT2D eigenvalue weighted by Gasteiger charge is -2.14. The maximum absolute atomic E-state index is 11.2. The molecule has 3 aromatic rings. The Labute approximate surface area is 151 Å². The lowest BCUT2D eigenvalue weighted by molar-refractivity contribution is -0.137. The fourth-order valence-corrected chi connectivity index (χ4v) is 2.88. The van der Waals surface area contributed by atoms with Crippen molar-refractivity contribution in [3.8, 4) is 0 Å². The van der Waals surface area contributed by atoms with Crippen LogP contribution in [0, 0.1) is 6.92 Å². The monoisotopic (exact) mass is 364 g/mol. The molecule has 0 saturated heterocycles. The summed E-state index contributed by atoms with van der Waals surface area (Å²) in [5.74, 6) is -0.171. The van der Waals surface area contributed by atoms with Crippen LogP contribution >= 0.6 is 24.0 Å². The van der Waals surface area contributed by atoms with Crippen molar-refractivity contribution < 1.29 is 9.90 Å². The lowest BCUT2D eigenvalue weighted by atomic mass is 9.92. The SMILES string of the molecule is Cc1ccc2[nH]c(CC(CC(=O)O)c3ccc(Cl)cc3)nc2c1.Cl. The number of nitrogens with zero attached hydrogens (tertiary/aromatic N) is 1. The molecular weight excluding hydrogens is 347 g/mol. The second-order valence-corrected chi connectivity index (χ2v) is 6.19. The van der Waals surface area contributed by atoms with Gasteiger partial charge in [0.05, 0.1) is 17.5 Å². The van der Waals surface area contributed by atoms with Crippen LogP contribution in [-0.2, 0) is 11.2 Å². The van der Waals surface area contributed by atoms with Gasteiger partial charge in [0.1, 0.15) is 5.82 Å². The largest absolute Gasteiger partial charge is 0.481 e. The third-order valence-corrected chi connectivity index (χ3v) is 4.14. The van der Waals surface area contributed by atoms with E-state index in [0.717, 1.165) is 28.0 Å². The Hall–Kier alpha value is -2.04. The standard InChI is InChI=1S/C18H17ClN2O2.ClH/c1-11-2-7-15-16(8-11)21-17(20-15)9-13(10-18(22)23)12-3-5-14(19)6-4-12;/h2-8,13H,9-10H2,1H3,(H,20,21)(H,22,23);1H. The molecule has 1 heterocycles. The summed E-state index contributed by atoms with van der Waals surface area (Å²) >= 11 is 5.92. The van der Waals surface area contributed by atoms with Crippen LogP contribution in [-0.4, -0.2) is 21.0 Å². The number of H-pyrrole nitrogens is 1. The van der Waals surface area contributed by atoms with E-state index in [1.807, 2.05) is 37.3 Å². The fourth-order valence-electron chi connectivity index (χ4n) is 2.75. The number of hydrogen-bond donors (Lipinski definition) is 2. The zero-order valence-corrected chi connectivity index (χ0v) is 14.7. The van der Waals surface area contributed by atoms with Crippen molar-refractivity contribution in [1.82, 2.24) is 9.97 Å². The number of aliphatic carboxylic acids is 1. The molecule has 126 valence electrons. The van der Waals surface area contributed by atoms with Gasteiger partial charge in [0, 0.05) is 17.4 Å². The second-order valence-electron chi connectivity index (χ2n) is 5.75. The molecule has 4 nitrogen and oxygen atoms in total. The Morgan fingerprint density at radius 3 is 2.62 bits per heavy atom. The maximum atomic E-state index is 11.2. The van der Waals surface area contributed by atoms with Crippen molar-refractivity contribution in [1.29, 1.82) is 0 Å². The Balaban J connectivity index is 0.00000208. The third-order valence-electron chi connectivity index (χ3n) is 3.89. The number of imidazole rings is 1. The number of hydrogen-bond acceptors (Lipinski definition) is 2. The molecule has 0 spiro atoms. The molecule has 0 aliphatic carbocycles. The second kappa shape index (κ2) is 7.69. The van der Waals surface area contributed by atoms with Crippen molar-refractivity contribution in [3.05, 3.63) is 64.4 Å². The molecule has 3 rings (SSSR count). The van der Waals surface area contributed by atoms with Crippen molar-refractivity contribution >= 4 is 41.0 Å². The van der Waals surface area contributed by atoms with Gasteiger partial charge in [-0.1, -0.05) is 29.8 Å². The number of aromatic nitrogens is 2. The highest BCUT2D eigenvalue weighted by Gasteiger charge is 2.18. The van der Waals surface area contributed by atoms with E-state index < -0.39 is 5.97 Å². The van der Waals surface area contributed by atoms with Crippen LogP contribution in [0.3, 0.4) is 0 Å². The van der Waals surface area contributed by atoms with Crippen molar-refractivity contribution in [2.75, 3.05) is 0 Å². The van der Waals surface area contributed by atoms with Gasteiger partial charge in [-0.3, -0.25) is 4.79 Å². The Morgan fingerprint density at radius 1 is 1.25 bits per heavy atom. The van der Waals surface area contributed by atoms with E-state index in [-0.39, 0.29) is 24.7 Å². The van der Waals surface area contributed by atoms with Crippen molar-refractivity contribution in [2.24, 2.45) is 0 Å². The van der Waals surface area contributed by atoms with Gasteiger partial charge in [-0.05, 0) is 42.3 Å². The number of halogens is 2. The minimum Gasteiger partial charge on any atom is -0.481 e. The molecule has 1 unspecified atom stereocenters. The number of carboxylic acids is 1. The predicted octanol–water partition coefficient (Wildman–Crippen LogP) is 4.75. The molecule has 24 heavy (non-hydrogen) atoms. The average molecular weight is 365 g/mol. The molecule has 6 heteroatoms. The molecule has 0 amide bonds. The van der Waals surface area contributed by atoms with Gasteiger partial charge in [-0.15, -0.1) is 12.4 Å². The number of aryl methyl sites for hydroxylation is 1. The van der Waals surface area contributed by atoms with E-state index in [2.05, 4.69) is 9.97 Å². The van der Waals surface area contributed by atoms with Crippen LogP contribution in [0.5, 0.6) is 0 Å². The molecule has 0 bridgehead atoms. The van der Waals surface area contributed by atoms with Crippen LogP contribution in [0.15, 0.2) is 42.5 Å². The van der Waals surface area contributed by atoms with Gasteiger partial charge < -0.3 is 10.1 Å². The number of benzene rings is 2. The lowest BCUT2D eigenvalue weighted by Crippen LogP contribution is -2.10. The van der Waals surface area contributed by atoms with Crippen LogP contribution in [0.4, 0.5) is 0 Å². The summed E-state index contributed by atoms with van der Waals surface area (Å²) in [5.41, 5.74) is 3.98. The average Bonchev–Trinajstić information content (AvgIpc) is 2.88. The molecule has 0 aliphatic heterocycles. The van der Waals surface area contributed by atoms with Crippen LogP contribution in [0.25, 0.3) is 11.0 Å². The van der Waals surface area contributed by atoms with Crippen molar-refractivity contribution in [2.45, 2.75) is 25.7 Å². The highest BCUT2D eigenvalue weighted by Crippen LogP contribution is 2.26. The number of fused-ring (bicyclic) bond motifs is 1. The minimum atomic E-state index is -0.822. The van der Waals surface area contributed by atoms with E-state index in [0.29, 0.717) is 11.4 Å². The molecule has 2 aromatic carbocycles. The number of rotatable bonds is 5. The van der Waals surface area contributed by atoms with Crippen LogP contribution in [0.2, 0.25) is 5.02 Å². The topological polar surface area (TPSA) is 66.0 Å². The summed E-state index contributed by atoms with van der Waals surface area (Å²) in [6.07, 6.45) is 0.597. The summed E-state index contributed by atoms with van der Waals surface area (Å²) < 4.78 is 0. The summed E-state index contributed by atoms with van der Waals surface area (Å²) in [4.78, 5) is 19.1. The van der Waals surface area contributed by atoms with Gasteiger partial charge in [0.2, 0.25) is 0 Å². The fraction of sp³-hybridized carbons (Fsp3) is 0.222. The number of carboxylic acid groups (broad SMARTS) is 1. The minimum absolute atomic E-state index is 0. The quantitative estimate of drug-likeness (QED) is 0.686. The van der Waals surface area contributed by atoms with Gasteiger partial charge in [-0.2, -0.15) is 0 Å². The van der Waals surface area contributed by atoms with Gasteiger partial charge >= 0.3 is 5.97 Å². The maximum Gasteiger partial charge on any atom is 0.303 e. The van der Waals surface area contributed by atoms with Crippen LogP contribution in [0.1, 0.15) is 29.3 Å². The van der Waals surface area contributed by atoms with E-state index in [1.165, 1.54) is 0 Å². The Morgan fingerprint density at radius 2 is 1.96 bits per heavy atom. The summed E-state index contributed by atoms with van der Waals surface area (Å²) in [6.45, 7) is 2.02. The first-order chi connectivity index (χ1) is 11.0.